The third kappa shape index (κ3) is 4.30. The van der Waals surface area contributed by atoms with Crippen LogP contribution < -0.4 is 11.1 Å². The van der Waals surface area contributed by atoms with E-state index in [-0.39, 0.29) is 10.4 Å². The van der Waals surface area contributed by atoms with Crippen molar-refractivity contribution in [2.75, 3.05) is 18.9 Å². The molecule has 3 rings (SSSR count). The van der Waals surface area contributed by atoms with Crippen molar-refractivity contribution in [2.45, 2.75) is 31.6 Å². The van der Waals surface area contributed by atoms with E-state index in [1.807, 2.05) is 25.2 Å². The second kappa shape index (κ2) is 7.32. The maximum absolute atomic E-state index is 14.5. The third-order valence-corrected chi connectivity index (χ3v) is 5.33. The lowest BCUT2D eigenvalue weighted by molar-refractivity contribution is 0.101. The van der Waals surface area contributed by atoms with E-state index in [1.54, 1.807) is 24.9 Å². The van der Waals surface area contributed by atoms with Gasteiger partial charge in [-0.25, -0.2) is 4.39 Å². The van der Waals surface area contributed by atoms with Crippen LogP contribution in [0.5, 0.6) is 0 Å². The quantitative estimate of drug-likeness (QED) is 0.780. The summed E-state index contributed by atoms with van der Waals surface area (Å²) < 4.78 is 21.0. The van der Waals surface area contributed by atoms with Crippen LogP contribution in [-0.2, 0) is 0 Å². The minimum absolute atomic E-state index is 0.160. The maximum atomic E-state index is 14.5. The number of rotatable bonds is 3. The molecule has 0 radical (unpaired) electrons. The van der Waals surface area contributed by atoms with Crippen LogP contribution >= 0.6 is 11.9 Å². The van der Waals surface area contributed by atoms with Gasteiger partial charge < -0.3 is 15.6 Å². The summed E-state index contributed by atoms with van der Waals surface area (Å²) in [5, 5.41) is 6.39. The number of nitrogens with two attached hydrogens (primary N) is 1. The molecule has 1 aromatic carbocycles. The molecule has 1 amide bonds. The molecule has 1 atom stereocenters. The molecule has 1 aliphatic rings. The molecule has 2 heterocycles. The highest BCUT2D eigenvalue weighted by Crippen LogP contribution is 2.35. The van der Waals surface area contributed by atoms with Gasteiger partial charge >= 0.3 is 0 Å². The molecule has 144 valence electrons. The summed E-state index contributed by atoms with van der Waals surface area (Å²) in [6.07, 6.45) is 0. The van der Waals surface area contributed by atoms with E-state index in [1.165, 1.54) is 18.2 Å². The van der Waals surface area contributed by atoms with Crippen LogP contribution in [-0.4, -0.2) is 39.5 Å². The first-order chi connectivity index (χ1) is 12.7. The highest BCUT2D eigenvalue weighted by Gasteiger charge is 2.32. The number of hydrogen-bond donors (Lipinski definition) is 2. The number of benzene rings is 1. The van der Waals surface area contributed by atoms with Crippen molar-refractivity contribution in [3.63, 3.8) is 0 Å². The molecule has 0 bridgehead atoms. The minimum atomic E-state index is -0.476. The predicted molar refractivity (Wildman–Crippen MR) is 104 cm³/mol. The summed E-state index contributed by atoms with van der Waals surface area (Å²) in [5.74, 6) is 0.159. The van der Waals surface area contributed by atoms with Crippen LogP contribution in [0, 0.1) is 12.7 Å². The third-order valence-electron chi connectivity index (χ3n) is 4.20. The molecule has 3 N–H and O–H groups in total. The predicted octanol–water partition coefficient (Wildman–Crippen LogP) is 3.14. The standard InChI is InChI=1S/C18H22FN5O2S/c1-10-7-14(23-26-10)16(25)21-11-5-6-13(19)12(8-11)15-9-24(4)27-18(2,3)17(20)22-15/h5-8,15H,9H2,1-4H3,(H2,20,22)(H,21,25). The summed E-state index contributed by atoms with van der Waals surface area (Å²) in [5.41, 5.74) is 7.12. The first-order valence-electron chi connectivity index (χ1n) is 8.44. The Labute approximate surface area is 161 Å². The van der Waals surface area contributed by atoms with Gasteiger partial charge in [-0.1, -0.05) is 17.1 Å². The molecule has 1 aromatic heterocycles. The Morgan fingerprint density at radius 2 is 2.19 bits per heavy atom. The molecule has 9 heteroatoms. The lowest BCUT2D eigenvalue weighted by atomic mass is 10.0. The summed E-state index contributed by atoms with van der Waals surface area (Å²) in [4.78, 5) is 16.8. The number of amides is 1. The first kappa shape index (κ1) is 19.4. The lowest BCUT2D eigenvalue weighted by Crippen LogP contribution is -2.36. The Hall–Kier alpha value is -2.39. The number of likely N-dealkylation sites (N-methyl/N-ethyl adjacent to an activating group) is 1. The minimum Gasteiger partial charge on any atom is -0.386 e. The number of nitrogens with zero attached hydrogens (tertiary/aromatic N) is 3. The Morgan fingerprint density at radius 1 is 1.44 bits per heavy atom. The monoisotopic (exact) mass is 391 g/mol. The maximum Gasteiger partial charge on any atom is 0.277 e. The van der Waals surface area contributed by atoms with Crippen LogP contribution in [0.1, 0.15) is 41.7 Å². The second-order valence-electron chi connectivity index (χ2n) is 6.96. The Bertz CT molecular complexity index is 896. The van der Waals surface area contributed by atoms with E-state index in [2.05, 4.69) is 15.5 Å². The van der Waals surface area contributed by atoms with Crippen LogP contribution in [0.4, 0.5) is 10.1 Å². The fourth-order valence-electron chi connectivity index (χ4n) is 2.79. The fourth-order valence-corrected chi connectivity index (χ4v) is 3.94. The van der Waals surface area contributed by atoms with Crippen molar-refractivity contribution in [3.8, 4) is 0 Å². The van der Waals surface area contributed by atoms with Crippen LogP contribution in [0.3, 0.4) is 0 Å². The topological polar surface area (TPSA) is 96.8 Å². The zero-order valence-corrected chi connectivity index (χ0v) is 16.4. The number of carbonyl (C=O) groups excluding carboxylic acids is 1. The highest BCUT2D eigenvalue weighted by molar-refractivity contribution is 7.99. The van der Waals surface area contributed by atoms with Crippen molar-refractivity contribution in [1.29, 1.82) is 0 Å². The van der Waals surface area contributed by atoms with E-state index in [4.69, 9.17) is 10.3 Å². The SMILES string of the molecule is Cc1cc(C(=O)Nc2ccc(F)c(C3CN(C)SC(C)(C)C(N)=N3)c2)no1. The smallest absolute Gasteiger partial charge is 0.277 e. The van der Waals surface area contributed by atoms with Gasteiger partial charge in [-0.2, -0.15) is 0 Å². The molecule has 0 saturated heterocycles. The number of anilines is 1. The normalized spacial score (nSPS) is 20.0. The summed E-state index contributed by atoms with van der Waals surface area (Å²) in [6.45, 7) is 6.14. The highest BCUT2D eigenvalue weighted by atomic mass is 32.2. The molecular formula is C18H22FN5O2S. The molecular weight excluding hydrogens is 369 g/mol. The average Bonchev–Trinajstić information content (AvgIpc) is 2.97. The number of amidine groups is 1. The molecule has 0 fully saturated rings. The van der Waals surface area contributed by atoms with Crippen molar-refractivity contribution in [3.05, 3.63) is 47.1 Å². The van der Waals surface area contributed by atoms with Gasteiger partial charge in [0, 0.05) is 23.9 Å². The number of carbonyl (C=O) groups is 1. The number of aromatic nitrogens is 1. The Balaban J connectivity index is 1.89. The second-order valence-corrected chi connectivity index (χ2v) is 8.78. The average molecular weight is 391 g/mol. The van der Waals surface area contributed by atoms with E-state index < -0.39 is 17.8 Å². The van der Waals surface area contributed by atoms with Crippen molar-refractivity contribution >= 4 is 29.4 Å². The molecule has 0 saturated carbocycles. The molecule has 0 aliphatic carbocycles. The molecule has 7 nitrogen and oxygen atoms in total. The van der Waals surface area contributed by atoms with Gasteiger partial charge in [0.25, 0.3) is 5.91 Å². The lowest BCUT2D eigenvalue weighted by Gasteiger charge is -2.25. The van der Waals surface area contributed by atoms with Gasteiger partial charge in [0.2, 0.25) is 0 Å². The van der Waals surface area contributed by atoms with Gasteiger partial charge in [0.15, 0.2) is 5.69 Å². The zero-order valence-electron chi connectivity index (χ0n) is 15.6. The zero-order chi connectivity index (χ0) is 19.8. The van der Waals surface area contributed by atoms with E-state index >= 15 is 0 Å². The summed E-state index contributed by atoms with van der Waals surface area (Å²) >= 11 is 1.56. The molecule has 1 unspecified atom stereocenters. The van der Waals surface area contributed by atoms with Gasteiger partial charge in [-0.15, -0.1) is 0 Å². The number of nitrogens with one attached hydrogen (secondary N) is 1. The van der Waals surface area contributed by atoms with Gasteiger partial charge in [-0.3, -0.25) is 14.1 Å². The Kier molecular flexibility index (Phi) is 5.25. The van der Waals surface area contributed by atoms with Crippen LogP contribution in [0.15, 0.2) is 33.8 Å². The summed E-state index contributed by atoms with van der Waals surface area (Å²) in [6, 6.07) is 5.45. The number of aliphatic imine (C=N–C) groups is 1. The van der Waals surface area contributed by atoms with Crippen LogP contribution in [0.2, 0.25) is 0 Å². The van der Waals surface area contributed by atoms with Gasteiger partial charge in [0.05, 0.1) is 10.8 Å². The molecule has 27 heavy (non-hydrogen) atoms. The summed E-state index contributed by atoms with van der Waals surface area (Å²) in [7, 11) is 1.92. The molecule has 0 spiro atoms. The van der Waals surface area contributed by atoms with Crippen LogP contribution in [0.25, 0.3) is 0 Å². The van der Waals surface area contributed by atoms with Crippen molar-refractivity contribution < 1.29 is 13.7 Å². The van der Waals surface area contributed by atoms with E-state index in [9.17, 15) is 9.18 Å². The number of aryl methyl sites for hydroxylation is 1. The molecule has 1 aliphatic heterocycles. The first-order valence-corrected chi connectivity index (χ1v) is 9.21. The van der Waals surface area contributed by atoms with Crippen molar-refractivity contribution in [2.24, 2.45) is 10.7 Å². The number of hydrogen-bond acceptors (Lipinski definition) is 7. The van der Waals surface area contributed by atoms with E-state index in [0.29, 0.717) is 29.4 Å². The fraction of sp³-hybridized carbons (Fsp3) is 0.389. The van der Waals surface area contributed by atoms with Gasteiger partial charge in [0.1, 0.15) is 17.4 Å². The van der Waals surface area contributed by atoms with E-state index in [0.717, 1.165) is 0 Å². The van der Waals surface area contributed by atoms with Crippen molar-refractivity contribution in [1.82, 2.24) is 9.46 Å². The molecule has 2 aromatic rings. The largest absolute Gasteiger partial charge is 0.386 e. The Morgan fingerprint density at radius 3 is 2.85 bits per heavy atom. The number of halogens is 1. The van der Waals surface area contributed by atoms with Gasteiger partial charge in [-0.05, 0) is 46.0 Å².